The fraction of sp³-hybridized carbons (Fsp3) is 0. The SMILES string of the molecule is Brc1ccccc1-c1ccc(-c2ccc3c4ccccc4n(-c4ccccc4)c3c2)cc1-c1cccc(-c2ccccc2)c1. The first kappa shape index (κ1) is 26.4. The Morgan fingerprint density at radius 3 is 1.80 bits per heavy atom. The molecule has 0 aliphatic carbocycles. The maximum atomic E-state index is 3.83. The van der Waals surface area contributed by atoms with Gasteiger partial charge in [0, 0.05) is 20.9 Å². The third-order valence-electron chi connectivity index (χ3n) is 8.49. The van der Waals surface area contributed by atoms with Crippen LogP contribution in [0.1, 0.15) is 0 Å². The summed E-state index contributed by atoms with van der Waals surface area (Å²) in [5.74, 6) is 0. The summed E-state index contributed by atoms with van der Waals surface area (Å²) in [5, 5.41) is 2.52. The first-order chi connectivity index (χ1) is 21.7. The number of hydrogen-bond donors (Lipinski definition) is 0. The van der Waals surface area contributed by atoms with Gasteiger partial charge in [-0.15, -0.1) is 0 Å². The van der Waals surface area contributed by atoms with Crippen LogP contribution < -0.4 is 0 Å². The highest BCUT2D eigenvalue weighted by atomic mass is 79.9. The average Bonchev–Trinajstić information content (AvgIpc) is 3.43. The lowest BCUT2D eigenvalue weighted by atomic mass is 9.89. The normalized spacial score (nSPS) is 11.3. The largest absolute Gasteiger partial charge is 0.309 e. The molecule has 0 N–H and O–H groups in total. The Hall–Kier alpha value is -5.18. The maximum Gasteiger partial charge on any atom is 0.0547 e. The van der Waals surface area contributed by atoms with Gasteiger partial charge in [0.15, 0.2) is 0 Å². The highest BCUT2D eigenvalue weighted by Crippen LogP contribution is 2.41. The fourth-order valence-electron chi connectivity index (χ4n) is 6.38. The second-order valence-electron chi connectivity index (χ2n) is 11.1. The van der Waals surface area contributed by atoms with Crippen LogP contribution in [0.25, 0.3) is 72.0 Å². The predicted molar refractivity (Wildman–Crippen MR) is 190 cm³/mol. The lowest BCUT2D eigenvalue weighted by Gasteiger charge is -2.16. The Morgan fingerprint density at radius 2 is 0.955 bits per heavy atom. The minimum Gasteiger partial charge on any atom is -0.309 e. The van der Waals surface area contributed by atoms with Gasteiger partial charge in [0.25, 0.3) is 0 Å². The summed E-state index contributed by atoms with van der Waals surface area (Å²) in [6, 6.07) is 61.1. The summed E-state index contributed by atoms with van der Waals surface area (Å²) in [4.78, 5) is 0. The lowest BCUT2D eigenvalue weighted by Crippen LogP contribution is -1.93. The molecule has 44 heavy (non-hydrogen) atoms. The molecule has 0 bridgehead atoms. The Kier molecular flexibility index (Phi) is 6.70. The molecule has 0 aliphatic rings. The topological polar surface area (TPSA) is 4.93 Å². The molecule has 0 atom stereocenters. The first-order valence-corrected chi connectivity index (χ1v) is 15.7. The summed E-state index contributed by atoms with van der Waals surface area (Å²) in [6.07, 6.45) is 0. The van der Waals surface area contributed by atoms with Crippen LogP contribution in [-0.2, 0) is 0 Å². The van der Waals surface area contributed by atoms with E-state index in [0.717, 1.165) is 4.47 Å². The van der Waals surface area contributed by atoms with Gasteiger partial charge in [-0.3, -0.25) is 0 Å². The van der Waals surface area contributed by atoms with Gasteiger partial charge in [-0.2, -0.15) is 0 Å². The van der Waals surface area contributed by atoms with E-state index < -0.39 is 0 Å². The van der Waals surface area contributed by atoms with Crippen LogP contribution in [0.4, 0.5) is 0 Å². The molecule has 0 radical (unpaired) electrons. The molecule has 0 aliphatic heterocycles. The van der Waals surface area contributed by atoms with Crippen molar-refractivity contribution in [2.75, 3.05) is 0 Å². The van der Waals surface area contributed by atoms with Crippen molar-refractivity contribution in [3.05, 3.63) is 174 Å². The van der Waals surface area contributed by atoms with E-state index in [1.165, 1.54) is 72.0 Å². The Morgan fingerprint density at radius 1 is 0.341 bits per heavy atom. The summed E-state index contributed by atoms with van der Waals surface area (Å²) in [5.41, 5.74) is 13.2. The zero-order valence-electron chi connectivity index (χ0n) is 24.0. The Labute approximate surface area is 265 Å². The van der Waals surface area contributed by atoms with Crippen LogP contribution in [0.2, 0.25) is 0 Å². The molecule has 8 aromatic rings. The molecule has 8 rings (SSSR count). The van der Waals surface area contributed by atoms with Crippen LogP contribution in [0, 0.1) is 0 Å². The van der Waals surface area contributed by atoms with Crippen molar-refractivity contribution in [2.45, 2.75) is 0 Å². The van der Waals surface area contributed by atoms with E-state index in [9.17, 15) is 0 Å². The minimum absolute atomic E-state index is 1.09. The van der Waals surface area contributed by atoms with E-state index in [1.807, 2.05) is 0 Å². The van der Waals surface area contributed by atoms with Crippen molar-refractivity contribution < 1.29 is 0 Å². The molecule has 0 amide bonds. The number of halogens is 1. The highest BCUT2D eigenvalue weighted by molar-refractivity contribution is 9.10. The number of fused-ring (bicyclic) bond motifs is 3. The van der Waals surface area contributed by atoms with Crippen molar-refractivity contribution in [3.63, 3.8) is 0 Å². The van der Waals surface area contributed by atoms with Gasteiger partial charge in [-0.25, -0.2) is 0 Å². The molecule has 1 nitrogen and oxygen atoms in total. The molecule has 0 saturated heterocycles. The van der Waals surface area contributed by atoms with E-state index in [1.54, 1.807) is 0 Å². The molecular weight excluding hydrogens is 598 g/mol. The zero-order valence-corrected chi connectivity index (χ0v) is 25.6. The minimum atomic E-state index is 1.09. The number of benzene rings is 7. The Bertz CT molecular complexity index is 2280. The van der Waals surface area contributed by atoms with Crippen molar-refractivity contribution in [2.24, 2.45) is 0 Å². The van der Waals surface area contributed by atoms with Crippen molar-refractivity contribution in [3.8, 4) is 50.2 Å². The molecule has 1 heterocycles. The van der Waals surface area contributed by atoms with Crippen LogP contribution in [-0.4, -0.2) is 4.57 Å². The summed E-state index contributed by atoms with van der Waals surface area (Å²) in [7, 11) is 0. The van der Waals surface area contributed by atoms with Gasteiger partial charge >= 0.3 is 0 Å². The van der Waals surface area contributed by atoms with E-state index in [-0.39, 0.29) is 0 Å². The Balaban J connectivity index is 1.34. The quantitative estimate of drug-likeness (QED) is 0.179. The summed E-state index contributed by atoms with van der Waals surface area (Å²) in [6.45, 7) is 0. The number of nitrogens with zero attached hydrogens (tertiary/aromatic N) is 1. The second-order valence-corrected chi connectivity index (χ2v) is 12.0. The second kappa shape index (κ2) is 11.1. The molecule has 2 heteroatoms. The van der Waals surface area contributed by atoms with E-state index in [2.05, 4.69) is 190 Å². The molecule has 1 aromatic heterocycles. The molecule has 0 saturated carbocycles. The van der Waals surface area contributed by atoms with Crippen molar-refractivity contribution in [1.29, 1.82) is 0 Å². The number of aromatic nitrogens is 1. The van der Waals surface area contributed by atoms with Gasteiger partial charge in [-0.1, -0.05) is 143 Å². The summed E-state index contributed by atoms with van der Waals surface area (Å²) >= 11 is 3.83. The van der Waals surface area contributed by atoms with Gasteiger partial charge in [0.2, 0.25) is 0 Å². The number of hydrogen-bond acceptors (Lipinski definition) is 0. The van der Waals surface area contributed by atoms with Crippen molar-refractivity contribution in [1.82, 2.24) is 4.57 Å². The third kappa shape index (κ3) is 4.65. The van der Waals surface area contributed by atoms with Crippen LogP contribution >= 0.6 is 15.9 Å². The number of rotatable bonds is 5. The molecule has 0 fully saturated rings. The van der Waals surface area contributed by atoms with E-state index >= 15 is 0 Å². The molecule has 208 valence electrons. The molecule has 7 aromatic carbocycles. The maximum absolute atomic E-state index is 3.83. The van der Waals surface area contributed by atoms with Crippen LogP contribution in [0.3, 0.4) is 0 Å². The zero-order chi connectivity index (χ0) is 29.5. The van der Waals surface area contributed by atoms with Gasteiger partial charge < -0.3 is 4.57 Å². The molecule has 0 spiro atoms. The van der Waals surface area contributed by atoms with Gasteiger partial charge in [-0.05, 0) is 87.0 Å². The first-order valence-electron chi connectivity index (χ1n) is 14.9. The molecule has 0 unspecified atom stereocenters. The predicted octanol–water partition coefficient (Wildman–Crippen LogP) is 12.2. The molecular formula is C42H28BrN. The summed E-state index contributed by atoms with van der Waals surface area (Å²) < 4.78 is 3.47. The average molecular weight is 627 g/mol. The fourth-order valence-corrected chi connectivity index (χ4v) is 6.88. The van der Waals surface area contributed by atoms with E-state index in [4.69, 9.17) is 0 Å². The highest BCUT2D eigenvalue weighted by Gasteiger charge is 2.16. The van der Waals surface area contributed by atoms with E-state index in [0.29, 0.717) is 0 Å². The van der Waals surface area contributed by atoms with Gasteiger partial charge in [0.05, 0.1) is 11.0 Å². The smallest absolute Gasteiger partial charge is 0.0547 e. The van der Waals surface area contributed by atoms with Gasteiger partial charge in [0.1, 0.15) is 0 Å². The third-order valence-corrected chi connectivity index (χ3v) is 9.18. The van der Waals surface area contributed by atoms with Crippen LogP contribution in [0.15, 0.2) is 174 Å². The standard InChI is InChI=1S/C42H28BrN/c43-40-20-9-7-18-36(40)35-24-22-31(27-39(35)33-15-11-14-30(26-33)29-12-3-1-4-13-29)32-23-25-38-37-19-8-10-21-41(37)44(42(38)28-32)34-16-5-2-6-17-34/h1-28H. The lowest BCUT2D eigenvalue weighted by molar-refractivity contribution is 1.18. The monoisotopic (exact) mass is 625 g/mol. The number of para-hydroxylation sites is 2. The van der Waals surface area contributed by atoms with Crippen LogP contribution in [0.5, 0.6) is 0 Å². The van der Waals surface area contributed by atoms with Crippen molar-refractivity contribution >= 4 is 37.7 Å².